The molecular weight excluding hydrogens is 250 g/mol. The zero-order valence-electron chi connectivity index (χ0n) is 11.4. The van der Waals surface area contributed by atoms with Crippen LogP contribution in [-0.4, -0.2) is 51.4 Å². The molecule has 0 aliphatic carbocycles. The summed E-state index contributed by atoms with van der Waals surface area (Å²) in [5.74, 6) is 2.12. The maximum atomic E-state index is 12.3. The Balaban J connectivity index is 2.11. The number of ether oxygens (including phenoxy) is 1. The maximum Gasteiger partial charge on any atom is 0.410 e. The van der Waals surface area contributed by atoms with Crippen molar-refractivity contribution < 1.29 is 14.6 Å². The largest absolute Gasteiger partial charge is 0.444 e. The molecule has 2 saturated heterocycles. The van der Waals surface area contributed by atoms with Gasteiger partial charge in [0.05, 0.1) is 18.2 Å². The number of aliphatic hydroxyl groups is 1. The van der Waals surface area contributed by atoms with Gasteiger partial charge in [-0.05, 0) is 51.5 Å². The lowest BCUT2D eigenvalue weighted by atomic mass is 9.89. The van der Waals surface area contributed by atoms with Crippen molar-refractivity contribution >= 4 is 17.9 Å². The van der Waals surface area contributed by atoms with E-state index >= 15 is 0 Å². The van der Waals surface area contributed by atoms with Crippen molar-refractivity contribution in [1.29, 1.82) is 0 Å². The average molecular weight is 273 g/mol. The van der Waals surface area contributed by atoms with Crippen LogP contribution in [0.1, 0.15) is 40.0 Å². The highest BCUT2D eigenvalue weighted by molar-refractivity contribution is 7.99. The molecule has 0 aromatic heterocycles. The molecule has 0 radical (unpaired) electrons. The highest BCUT2D eigenvalue weighted by Gasteiger charge is 2.49. The first-order valence-electron chi connectivity index (χ1n) is 6.59. The summed E-state index contributed by atoms with van der Waals surface area (Å²) in [6.45, 7) is 6.04. The van der Waals surface area contributed by atoms with E-state index in [1.54, 1.807) is 4.90 Å². The first-order valence-corrected chi connectivity index (χ1v) is 7.74. The van der Waals surface area contributed by atoms with Gasteiger partial charge in [0.15, 0.2) is 0 Å². The summed E-state index contributed by atoms with van der Waals surface area (Å²) < 4.78 is 5.47. The number of nitrogens with zero attached hydrogens (tertiary/aromatic N) is 1. The Bertz CT molecular complexity index is 321. The Morgan fingerprint density at radius 3 is 2.56 bits per heavy atom. The molecular formula is C13H23NO3S. The van der Waals surface area contributed by atoms with E-state index in [4.69, 9.17) is 4.74 Å². The van der Waals surface area contributed by atoms with Crippen molar-refractivity contribution in [3.8, 4) is 0 Å². The molecule has 2 aliphatic rings. The fraction of sp³-hybridized carbons (Fsp3) is 0.923. The van der Waals surface area contributed by atoms with Crippen molar-refractivity contribution in [3.63, 3.8) is 0 Å². The van der Waals surface area contributed by atoms with Crippen LogP contribution >= 0.6 is 11.8 Å². The summed E-state index contributed by atoms with van der Waals surface area (Å²) in [6.07, 6.45) is 1.96. The molecule has 2 rings (SSSR count). The average Bonchev–Trinajstić information content (AvgIpc) is 2.54. The molecule has 1 atom stereocenters. The summed E-state index contributed by atoms with van der Waals surface area (Å²) in [6, 6.07) is 0. The fourth-order valence-electron chi connectivity index (χ4n) is 2.83. The van der Waals surface area contributed by atoms with Crippen LogP contribution in [0.5, 0.6) is 0 Å². The van der Waals surface area contributed by atoms with E-state index in [1.165, 1.54) is 0 Å². The van der Waals surface area contributed by atoms with Gasteiger partial charge in [0, 0.05) is 0 Å². The Labute approximate surface area is 113 Å². The molecule has 0 bridgehead atoms. The number of amides is 1. The number of hydrogen-bond acceptors (Lipinski definition) is 4. The highest BCUT2D eigenvalue weighted by atomic mass is 32.2. The quantitative estimate of drug-likeness (QED) is 0.735. The lowest BCUT2D eigenvalue weighted by molar-refractivity contribution is 0.00555. The second-order valence-electron chi connectivity index (χ2n) is 6.29. The van der Waals surface area contributed by atoms with E-state index in [2.05, 4.69) is 0 Å². The number of carbonyl (C=O) groups is 1. The molecule has 18 heavy (non-hydrogen) atoms. The molecule has 0 aromatic carbocycles. The minimum absolute atomic E-state index is 0.160. The van der Waals surface area contributed by atoms with Crippen LogP contribution in [0.2, 0.25) is 0 Å². The van der Waals surface area contributed by atoms with Gasteiger partial charge in [-0.25, -0.2) is 4.79 Å². The zero-order valence-corrected chi connectivity index (χ0v) is 12.3. The monoisotopic (exact) mass is 273 g/mol. The predicted molar refractivity (Wildman–Crippen MR) is 72.9 cm³/mol. The number of likely N-dealkylation sites (tertiary alicyclic amines) is 1. The molecule has 5 heteroatoms. The Kier molecular flexibility index (Phi) is 3.83. The lowest BCUT2D eigenvalue weighted by Crippen LogP contribution is -2.51. The van der Waals surface area contributed by atoms with Gasteiger partial charge in [-0.3, -0.25) is 4.90 Å². The third kappa shape index (κ3) is 2.94. The van der Waals surface area contributed by atoms with Crippen molar-refractivity contribution in [2.24, 2.45) is 0 Å². The van der Waals surface area contributed by atoms with Gasteiger partial charge in [0.1, 0.15) is 5.60 Å². The van der Waals surface area contributed by atoms with E-state index in [-0.39, 0.29) is 11.6 Å². The van der Waals surface area contributed by atoms with Gasteiger partial charge in [0.2, 0.25) is 0 Å². The Morgan fingerprint density at radius 1 is 1.39 bits per heavy atom. The SMILES string of the molecule is CC(C)(C)OC(=O)N1CC(O)CC12CCSCC2. The van der Waals surface area contributed by atoms with Gasteiger partial charge < -0.3 is 9.84 Å². The van der Waals surface area contributed by atoms with Gasteiger partial charge in [-0.2, -0.15) is 11.8 Å². The fourth-order valence-corrected chi connectivity index (χ4v) is 4.08. The van der Waals surface area contributed by atoms with Crippen molar-refractivity contribution in [1.82, 2.24) is 4.90 Å². The smallest absolute Gasteiger partial charge is 0.410 e. The van der Waals surface area contributed by atoms with Gasteiger partial charge >= 0.3 is 6.09 Å². The van der Waals surface area contributed by atoms with E-state index < -0.39 is 11.7 Å². The Hall–Kier alpha value is -0.420. The van der Waals surface area contributed by atoms with Crippen molar-refractivity contribution in [2.75, 3.05) is 18.1 Å². The standard InChI is InChI=1S/C13H23NO3S/c1-12(2,3)17-11(16)14-9-10(15)8-13(14)4-6-18-7-5-13/h10,15H,4-9H2,1-3H3. The van der Waals surface area contributed by atoms with Crippen LogP contribution in [0.4, 0.5) is 4.79 Å². The summed E-state index contributed by atoms with van der Waals surface area (Å²) in [5, 5.41) is 9.91. The third-order valence-electron chi connectivity index (χ3n) is 3.62. The summed E-state index contributed by atoms with van der Waals surface area (Å²) in [5.41, 5.74) is -0.637. The van der Waals surface area contributed by atoms with Crippen LogP contribution in [0, 0.1) is 0 Å². The van der Waals surface area contributed by atoms with Crippen LogP contribution < -0.4 is 0 Å². The number of thioether (sulfide) groups is 1. The zero-order chi connectivity index (χ0) is 13.4. The minimum atomic E-state index is -0.477. The molecule has 0 saturated carbocycles. The summed E-state index contributed by atoms with van der Waals surface area (Å²) in [7, 11) is 0. The van der Waals surface area contributed by atoms with Crippen molar-refractivity contribution in [2.45, 2.75) is 57.3 Å². The summed E-state index contributed by atoms with van der Waals surface area (Å²) in [4.78, 5) is 14.0. The highest BCUT2D eigenvalue weighted by Crippen LogP contribution is 2.41. The van der Waals surface area contributed by atoms with Crippen LogP contribution in [0.3, 0.4) is 0 Å². The second-order valence-corrected chi connectivity index (χ2v) is 7.51. The van der Waals surface area contributed by atoms with Crippen LogP contribution in [0.15, 0.2) is 0 Å². The van der Waals surface area contributed by atoms with Gasteiger partial charge in [0.25, 0.3) is 0 Å². The number of β-amino-alcohol motifs (C(OH)–C–C–N with tert-alkyl or cyclic N) is 1. The molecule has 2 fully saturated rings. The third-order valence-corrected chi connectivity index (χ3v) is 4.60. The molecule has 1 spiro atoms. The topological polar surface area (TPSA) is 49.8 Å². The van der Waals surface area contributed by atoms with E-state index in [1.807, 2.05) is 32.5 Å². The first kappa shape index (κ1) is 14.0. The summed E-state index contributed by atoms with van der Waals surface area (Å²) >= 11 is 1.92. The molecule has 2 heterocycles. The van der Waals surface area contributed by atoms with E-state index in [0.29, 0.717) is 13.0 Å². The minimum Gasteiger partial charge on any atom is -0.444 e. The number of aliphatic hydroxyl groups excluding tert-OH is 1. The molecule has 1 unspecified atom stereocenters. The van der Waals surface area contributed by atoms with Gasteiger partial charge in [-0.15, -0.1) is 0 Å². The number of hydrogen-bond donors (Lipinski definition) is 1. The number of carbonyl (C=O) groups excluding carboxylic acids is 1. The van der Waals surface area contributed by atoms with Gasteiger partial charge in [-0.1, -0.05) is 0 Å². The second kappa shape index (κ2) is 4.93. The lowest BCUT2D eigenvalue weighted by Gasteiger charge is -2.41. The molecule has 4 nitrogen and oxygen atoms in total. The van der Waals surface area contributed by atoms with E-state index in [0.717, 1.165) is 24.3 Å². The predicted octanol–water partition coefficient (Wildman–Crippen LogP) is 2.25. The molecule has 1 N–H and O–H groups in total. The molecule has 0 aromatic rings. The van der Waals surface area contributed by atoms with Crippen LogP contribution in [-0.2, 0) is 4.74 Å². The van der Waals surface area contributed by atoms with Crippen LogP contribution in [0.25, 0.3) is 0 Å². The number of rotatable bonds is 0. The molecule has 2 aliphatic heterocycles. The normalized spacial score (nSPS) is 27.6. The Morgan fingerprint density at radius 2 is 2.00 bits per heavy atom. The molecule has 104 valence electrons. The first-order chi connectivity index (χ1) is 8.32. The van der Waals surface area contributed by atoms with E-state index in [9.17, 15) is 9.90 Å². The van der Waals surface area contributed by atoms with Crippen molar-refractivity contribution in [3.05, 3.63) is 0 Å². The maximum absolute atomic E-state index is 12.3. The molecule has 1 amide bonds.